The molecule has 1 aliphatic rings. The first kappa shape index (κ1) is 18.9. The normalized spacial score (nSPS) is 16.0. The van der Waals surface area contributed by atoms with Gasteiger partial charge in [0.15, 0.2) is 4.34 Å². The van der Waals surface area contributed by atoms with Crippen LogP contribution in [0.5, 0.6) is 0 Å². The second kappa shape index (κ2) is 9.19. The lowest BCUT2D eigenvalue weighted by molar-refractivity contribution is -0.119. The van der Waals surface area contributed by atoms with Gasteiger partial charge < -0.3 is 5.32 Å². The van der Waals surface area contributed by atoms with Crippen molar-refractivity contribution in [3.8, 4) is 11.3 Å². The smallest absolute Gasteiger partial charge is 0.321 e. The van der Waals surface area contributed by atoms with Crippen LogP contribution in [0.3, 0.4) is 0 Å². The Morgan fingerprint density at radius 1 is 1.19 bits per heavy atom. The van der Waals surface area contributed by atoms with E-state index >= 15 is 0 Å². The number of rotatable bonds is 5. The Kier molecular flexibility index (Phi) is 6.68. The number of benzene rings is 1. The Hall–Kier alpha value is -1.86. The molecular formula is C19H23N3O2S2. The molecule has 1 fully saturated rings. The van der Waals surface area contributed by atoms with Crippen molar-refractivity contribution in [2.24, 2.45) is 0 Å². The van der Waals surface area contributed by atoms with Gasteiger partial charge in [0, 0.05) is 17.0 Å². The number of thiazole rings is 1. The molecule has 1 aromatic carbocycles. The number of aromatic nitrogens is 1. The van der Waals surface area contributed by atoms with E-state index in [0.29, 0.717) is 0 Å². The van der Waals surface area contributed by atoms with E-state index < -0.39 is 6.03 Å². The van der Waals surface area contributed by atoms with E-state index in [-0.39, 0.29) is 17.2 Å². The Labute approximate surface area is 162 Å². The zero-order valence-corrected chi connectivity index (χ0v) is 16.4. The Balaban J connectivity index is 1.49. The van der Waals surface area contributed by atoms with Gasteiger partial charge in [-0.2, -0.15) is 0 Å². The molecule has 2 N–H and O–H groups in total. The Morgan fingerprint density at radius 2 is 1.92 bits per heavy atom. The van der Waals surface area contributed by atoms with Crippen LogP contribution in [0.1, 0.15) is 39.0 Å². The van der Waals surface area contributed by atoms with Gasteiger partial charge in [0.25, 0.3) is 0 Å². The molecule has 2 aromatic rings. The average molecular weight is 390 g/mol. The summed E-state index contributed by atoms with van der Waals surface area (Å²) in [5, 5.41) is 6.95. The molecule has 3 amide bonds. The van der Waals surface area contributed by atoms with Crippen LogP contribution >= 0.6 is 23.1 Å². The number of imide groups is 1. The summed E-state index contributed by atoms with van der Waals surface area (Å²) in [7, 11) is 0. The molecule has 1 aliphatic carbocycles. The number of thioether (sulfide) groups is 1. The van der Waals surface area contributed by atoms with Crippen LogP contribution in [0.2, 0.25) is 0 Å². The number of urea groups is 1. The van der Waals surface area contributed by atoms with E-state index in [4.69, 9.17) is 0 Å². The van der Waals surface area contributed by atoms with Crippen LogP contribution in [0.4, 0.5) is 4.79 Å². The maximum Gasteiger partial charge on any atom is 0.321 e. The van der Waals surface area contributed by atoms with Crippen LogP contribution in [-0.2, 0) is 4.79 Å². The minimum Gasteiger partial charge on any atom is -0.335 e. The first-order valence-corrected chi connectivity index (χ1v) is 10.7. The Bertz CT molecular complexity index is 742. The summed E-state index contributed by atoms with van der Waals surface area (Å²) in [6.07, 6.45) is 5.49. The summed E-state index contributed by atoms with van der Waals surface area (Å²) < 4.78 is 0.819. The summed E-state index contributed by atoms with van der Waals surface area (Å²) in [5.74, 6) is -0.292. The molecular weight excluding hydrogens is 366 g/mol. The van der Waals surface area contributed by atoms with Gasteiger partial charge in [-0.1, -0.05) is 61.4 Å². The van der Waals surface area contributed by atoms with Crippen molar-refractivity contribution in [1.29, 1.82) is 0 Å². The molecule has 1 heterocycles. The van der Waals surface area contributed by atoms with Crippen molar-refractivity contribution in [2.75, 3.05) is 0 Å². The molecule has 0 unspecified atom stereocenters. The zero-order chi connectivity index (χ0) is 18.4. The highest BCUT2D eigenvalue weighted by molar-refractivity contribution is 8.02. The first-order chi connectivity index (χ1) is 12.6. The molecule has 3 rings (SSSR count). The predicted octanol–water partition coefficient (Wildman–Crippen LogP) is 4.45. The van der Waals surface area contributed by atoms with Crippen LogP contribution < -0.4 is 10.6 Å². The number of hydrogen-bond donors (Lipinski definition) is 2. The second-order valence-corrected chi connectivity index (χ2v) is 8.87. The molecule has 26 heavy (non-hydrogen) atoms. The van der Waals surface area contributed by atoms with Gasteiger partial charge >= 0.3 is 6.03 Å². The van der Waals surface area contributed by atoms with Crippen LogP contribution in [0.15, 0.2) is 40.1 Å². The first-order valence-electron chi connectivity index (χ1n) is 8.91. The summed E-state index contributed by atoms with van der Waals surface area (Å²) in [4.78, 5) is 28.8. The maximum absolute atomic E-state index is 12.3. The van der Waals surface area contributed by atoms with Gasteiger partial charge in [-0.3, -0.25) is 10.1 Å². The van der Waals surface area contributed by atoms with Gasteiger partial charge in [0.1, 0.15) is 0 Å². The quantitative estimate of drug-likeness (QED) is 0.741. The van der Waals surface area contributed by atoms with Crippen molar-refractivity contribution in [1.82, 2.24) is 15.6 Å². The maximum atomic E-state index is 12.3. The Morgan fingerprint density at radius 3 is 2.65 bits per heavy atom. The third-order valence-electron chi connectivity index (χ3n) is 4.38. The minimum atomic E-state index is -0.390. The average Bonchev–Trinajstić information content (AvgIpc) is 3.11. The summed E-state index contributed by atoms with van der Waals surface area (Å²) >= 11 is 2.88. The summed E-state index contributed by atoms with van der Waals surface area (Å²) in [5.41, 5.74) is 1.96. The topological polar surface area (TPSA) is 71.1 Å². The molecule has 0 spiro atoms. The van der Waals surface area contributed by atoms with Crippen molar-refractivity contribution in [2.45, 2.75) is 54.7 Å². The number of hydrogen-bond acceptors (Lipinski definition) is 5. The number of amides is 3. The highest BCUT2D eigenvalue weighted by Crippen LogP contribution is 2.30. The fourth-order valence-corrected chi connectivity index (χ4v) is 4.91. The fraction of sp³-hybridized carbons (Fsp3) is 0.421. The van der Waals surface area contributed by atoms with Crippen molar-refractivity contribution >= 4 is 35.0 Å². The lowest BCUT2D eigenvalue weighted by atomic mass is 9.96. The van der Waals surface area contributed by atoms with E-state index in [1.54, 1.807) is 6.92 Å². The number of nitrogens with one attached hydrogen (secondary N) is 2. The lowest BCUT2D eigenvalue weighted by Crippen LogP contribution is -2.47. The molecule has 1 saturated carbocycles. The highest BCUT2D eigenvalue weighted by atomic mass is 32.2. The van der Waals surface area contributed by atoms with Crippen molar-refractivity contribution < 1.29 is 9.59 Å². The lowest BCUT2D eigenvalue weighted by Gasteiger charge is -2.22. The van der Waals surface area contributed by atoms with Crippen molar-refractivity contribution in [3.63, 3.8) is 0 Å². The van der Waals surface area contributed by atoms with Gasteiger partial charge in [0.2, 0.25) is 5.91 Å². The summed E-state index contributed by atoms with van der Waals surface area (Å²) in [6.45, 7) is 1.79. The van der Waals surface area contributed by atoms with Crippen molar-refractivity contribution in [3.05, 3.63) is 35.7 Å². The standard InChI is InChI=1S/C19H23N3O2S2/c1-13(17(23)22-18(24)20-15-10-6-3-7-11-15)26-19-21-16(12-25-19)14-8-4-2-5-9-14/h2,4-5,8-9,12-13,15H,3,6-7,10-11H2,1H3,(H2,20,22,23,24)/t13-/m0/s1. The molecule has 1 aromatic heterocycles. The second-order valence-electron chi connectivity index (χ2n) is 6.42. The molecule has 138 valence electrons. The molecule has 5 nitrogen and oxygen atoms in total. The van der Waals surface area contributed by atoms with Crippen LogP contribution in [0.25, 0.3) is 11.3 Å². The predicted molar refractivity (Wildman–Crippen MR) is 106 cm³/mol. The monoisotopic (exact) mass is 389 g/mol. The van der Waals surface area contributed by atoms with Crippen LogP contribution in [-0.4, -0.2) is 28.2 Å². The zero-order valence-electron chi connectivity index (χ0n) is 14.7. The third-order valence-corrected chi connectivity index (χ3v) is 6.45. The largest absolute Gasteiger partial charge is 0.335 e. The minimum absolute atomic E-state index is 0.187. The molecule has 0 aliphatic heterocycles. The highest BCUT2D eigenvalue weighted by Gasteiger charge is 2.21. The van der Waals surface area contributed by atoms with Gasteiger partial charge in [0.05, 0.1) is 10.9 Å². The van der Waals surface area contributed by atoms with E-state index in [9.17, 15) is 9.59 Å². The molecule has 7 heteroatoms. The number of nitrogens with zero attached hydrogens (tertiary/aromatic N) is 1. The van der Waals surface area contributed by atoms with Gasteiger partial charge in [-0.05, 0) is 19.8 Å². The molecule has 0 saturated heterocycles. The van der Waals surface area contributed by atoms with E-state index in [1.807, 2.05) is 35.7 Å². The number of carbonyl (C=O) groups excluding carboxylic acids is 2. The van der Waals surface area contributed by atoms with E-state index in [0.717, 1.165) is 41.3 Å². The van der Waals surface area contributed by atoms with Gasteiger partial charge in [-0.15, -0.1) is 11.3 Å². The summed E-state index contributed by atoms with van der Waals surface area (Å²) in [6, 6.07) is 9.73. The fourth-order valence-electron chi connectivity index (χ4n) is 2.94. The SMILES string of the molecule is C[C@H](Sc1nc(-c2ccccc2)cs1)C(=O)NC(=O)NC1CCCCC1. The molecule has 0 bridgehead atoms. The molecule has 1 atom stereocenters. The van der Waals surface area contributed by atoms with Gasteiger partial charge in [-0.25, -0.2) is 9.78 Å². The number of carbonyl (C=O) groups is 2. The van der Waals surface area contributed by atoms with E-state index in [2.05, 4.69) is 15.6 Å². The third kappa shape index (κ3) is 5.32. The van der Waals surface area contributed by atoms with Crippen LogP contribution in [0, 0.1) is 0 Å². The molecule has 0 radical (unpaired) electrons. The van der Waals surface area contributed by atoms with E-state index in [1.165, 1.54) is 29.5 Å².